The van der Waals surface area contributed by atoms with Gasteiger partial charge in [-0.2, -0.15) is 0 Å². The fraction of sp³-hybridized carbons (Fsp3) is 0.250. The van der Waals surface area contributed by atoms with E-state index < -0.39 is 28.7 Å². The highest BCUT2D eigenvalue weighted by Gasteiger charge is 2.24. The topological polar surface area (TPSA) is 39.2 Å². The summed E-state index contributed by atoms with van der Waals surface area (Å²) in [5, 5.41) is -1.21. The molecule has 0 aliphatic heterocycles. The van der Waals surface area contributed by atoms with Gasteiger partial charge >= 0.3 is 0 Å². The number of hydrogen-bond acceptors (Lipinski definition) is 3. The van der Waals surface area contributed by atoms with Gasteiger partial charge in [-0.15, -0.1) is 0 Å². The van der Waals surface area contributed by atoms with Gasteiger partial charge in [0.15, 0.2) is 11.6 Å². The minimum absolute atomic E-state index is 0.281. The van der Waals surface area contributed by atoms with Crippen molar-refractivity contribution in [3.63, 3.8) is 0 Å². The molecule has 0 aliphatic carbocycles. The third-order valence-corrected chi connectivity index (χ3v) is 1.82. The van der Waals surface area contributed by atoms with Crippen LogP contribution in [0.1, 0.15) is 22.5 Å². The van der Waals surface area contributed by atoms with E-state index >= 15 is 0 Å². The quantitative estimate of drug-likeness (QED) is 0.761. The molecule has 0 saturated heterocycles. The highest BCUT2D eigenvalue weighted by molar-refractivity contribution is 6.68. The van der Waals surface area contributed by atoms with Crippen LogP contribution in [-0.4, -0.2) is 17.3 Å². The van der Waals surface area contributed by atoms with Crippen molar-refractivity contribution in [2.75, 3.05) is 7.11 Å². The monoisotopic (exact) mass is 239 g/mol. The second-order valence-corrected chi connectivity index (χ2v) is 2.82. The van der Waals surface area contributed by atoms with Crippen LogP contribution >= 0.6 is 11.6 Å². The van der Waals surface area contributed by atoms with Crippen molar-refractivity contribution < 1.29 is 22.7 Å². The maximum Gasteiger partial charge on any atom is 0.283 e. The van der Waals surface area contributed by atoms with Crippen LogP contribution in [0.3, 0.4) is 0 Å². The largest absolute Gasteiger partial charge is 0.494 e. The van der Waals surface area contributed by atoms with Gasteiger partial charge in [0.05, 0.1) is 13.3 Å². The molecular weight excluding hydrogens is 235 g/mol. The Kier molecular flexibility index (Phi) is 3.52. The number of nitrogens with zero attached hydrogens (tertiary/aromatic N) is 1. The minimum Gasteiger partial charge on any atom is -0.494 e. The molecule has 82 valence electrons. The lowest BCUT2D eigenvalue weighted by molar-refractivity contribution is 0.107. The van der Waals surface area contributed by atoms with Gasteiger partial charge in [-0.25, -0.2) is 18.2 Å². The Balaban J connectivity index is 3.42. The standard InChI is InChI=1S/C8H5ClF3NO2/c1-15-3-2-13-6(8(11)12)5(10)4(3)7(9)14/h2,8H,1H3. The number of pyridine rings is 1. The van der Waals surface area contributed by atoms with Crippen molar-refractivity contribution in [1.29, 1.82) is 0 Å². The number of aromatic nitrogens is 1. The highest BCUT2D eigenvalue weighted by Crippen LogP contribution is 2.28. The molecule has 0 aliphatic rings. The molecule has 0 saturated carbocycles. The summed E-state index contributed by atoms with van der Waals surface area (Å²) in [4.78, 5) is 13.9. The maximum atomic E-state index is 13.3. The predicted octanol–water partition coefficient (Wildman–Crippen LogP) is 2.55. The Bertz CT molecular complexity index is 398. The summed E-state index contributed by atoms with van der Waals surface area (Å²) in [5.74, 6) is -1.73. The van der Waals surface area contributed by atoms with Crippen molar-refractivity contribution in [2.24, 2.45) is 0 Å². The average Bonchev–Trinajstić information content (AvgIpc) is 2.15. The van der Waals surface area contributed by atoms with E-state index in [0.29, 0.717) is 0 Å². The van der Waals surface area contributed by atoms with Gasteiger partial charge in [-0.05, 0) is 11.6 Å². The van der Waals surface area contributed by atoms with Crippen LogP contribution in [-0.2, 0) is 0 Å². The zero-order valence-corrected chi connectivity index (χ0v) is 8.19. The van der Waals surface area contributed by atoms with Gasteiger partial charge in [0, 0.05) is 0 Å². The van der Waals surface area contributed by atoms with Gasteiger partial charge < -0.3 is 4.74 Å². The second kappa shape index (κ2) is 4.48. The normalized spacial score (nSPS) is 10.5. The van der Waals surface area contributed by atoms with E-state index in [-0.39, 0.29) is 5.75 Å². The number of rotatable bonds is 3. The fourth-order valence-corrected chi connectivity index (χ4v) is 1.15. The van der Waals surface area contributed by atoms with Crippen LogP contribution in [0.2, 0.25) is 0 Å². The summed E-state index contributed by atoms with van der Waals surface area (Å²) in [7, 11) is 1.14. The molecule has 0 amide bonds. The number of halogens is 4. The van der Waals surface area contributed by atoms with Crippen LogP contribution in [0.5, 0.6) is 5.75 Å². The van der Waals surface area contributed by atoms with Crippen molar-refractivity contribution in [3.05, 3.63) is 23.3 Å². The Hall–Kier alpha value is -1.30. The molecule has 0 unspecified atom stereocenters. The SMILES string of the molecule is COc1cnc(C(F)F)c(F)c1C(=O)Cl. The molecule has 7 heteroatoms. The first-order chi connectivity index (χ1) is 6.99. The molecule has 15 heavy (non-hydrogen) atoms. The molecule has 1 aromatic heterocycles. The van der Waals surface area contributed by atoms with E-state index in [0.717, 1.165) is 13.3 Å². The zero-order chi connectivity index (χ0) is 11.6. The fourth-order valence-electron chi connectivity index (χ4n) is 0.976. The molecule has 0 aromatic carbocycles. The number of ether oxygens (including phenoxy) is 1. The molecule has 1 aromatic rings. The summed E-state index contributed by atoms with van der Waals surface area (Å²) in [6, 6.07) is 0. The van der Waals surface area contributed by atoms with Gasteiger partial charge in [0.1, 0.15) is 11.3 Å². The molecule has 1 heterocycles. The molecule has 0 spiro atoms. The smallest absolute Gasteiger partial charge is 0.283 e. The van der Waals surface area contributed by atoms with Crippen LogP contribution in [0, 0.1) is 5.82 Å². The van der Waals surface area contributed by atoms with E-state index in [1.165, 1.54) is 0 Å². The summed E-state index contributed by atoms with van der Waals surface area (Å²) < 4.78 is 42.3. The molecule has 0 N–H and O–H groups in total. The van der Waals surface area contributed by atoms with E-state index in [9.17, 15) is 18.0 Å². The maximum absolute atomic E-state index is 13.3. The Morgan fingerprint density at radius 1 is 1.60 bits per heavy atom. The van der Waals surface area contributed by atoms with Crippen molar-refractivity contribution in [1.82, 2.24) is 4.98 Å². The average molecular weight is 240 g/mol. The first-order valence-corrected chi connectivity index (χ1v) is 4.07. The zero-order valence-electron chi connectivity index (χ0n) is 7.43. The van der Waals surface area contributed by atoms with Crippen molar-refractivity contribution in [2.45, 2.75) is 6.43 Å². The van der Waals surface area contributed by atoms with Gasteiger partial charge in [0.25, 0.3) is 11.7 Å². The number of carbonyl (C=O) groups is 1. The van der Waals surface area contributed by atoms with Gasteiger partial charge in [0.2, 0.25) is 0 Å². The lowest BCUT2D eigenvalue weighted by atomic mass is 10.2. The lowest BCUT2D eigenvalue weighted by Crippen LogP contribution is -2.06. The van der Waals surface area contributed by atoms with E-state index in [1.54, 1.807) is 0 Å². The number of hydrogen-bond donors (Lipinski definition) is 0. The van der Waals surface area contributed by atoms with Gasteiger partial charge in [-0.3, -0.25) is 4.79 Å². The van der Waals surface area contributed by atoms with Crippen LogP contribution in [0.25, 0.3) is 0 Å². The summed E-state index contributed by atoms with van der Waals surface area (Å²) in [6.45, 7) is 0. The van der Waals surface area contributed by atoms with Crippen molar-refractivity contribution >= 4 is 16.8 Å². The number of carbonyl (C=O) groups excluding carboxylic acids is 1. The molecule has 0 bridgehead atoms. The lowest BCUT2D eigenvalue weighted by Gasteiger charge is -2.08. The number of methoxy groups -OCH3 is 1. The first-order valence-electron chi connectivity index (χ1n) is 3.69. The van der Waals surface area contributed by atoms with E-state index in [2.05, 4.69) is 9.72 Å². The number of alkyl halides is 2. The molecule has 3 nitrogen and oxygen atoms in total. The van der Waals surface area contributed by atoms with Crippen LogP contribution in [0.4, 0.5) is 13.2 Å². The summed E-state index contributed by atoms with van der Waals surface area (Å²) in [5.41, 5.74) is -1.86. The van der Waals surface area contributed by atoms with Crippen LogP contribution < -0.4 is 4.74 Å². The first kappa shape index (κ1) is 11.8. The molecule has 0 atom stereocenters. The van der Waals surface area contributed by atoms with Crippen molar-refractivity contribution in [3.8, 4) is 5.75 Å². The Morgan fingerprint density at radius 2 is 2.20 bits per heavy atom. The molecule has 0 radical (unpaired) electrons. The van der Waals surface area contributed by atoms with E-state index in [1.807, 2.05) is 0 Å². The summed E-state index contributed by atoms with van der Waals surface area (Å²) >= 11 is 5.04. The van der Waals surface area contributed by atoms with Gasteiger partial charge in [-0.1, -0.05) is 0 Å². The Labute approximate surface area is 87.8 Å². The second-order valence-electron chi connectivity index (χ2n) is 2.48. The molecule has 1 rings (SSSR count). The third kappa shape index (κ3) is 2.20. The molecule has 0 fully saturated rings. The predicted molar refractivity (Wildman–Crippen MR) is 45.9 cm³/mol. The highest BCUT2D eigenvalue weighted by atomic mass is 35.5. The Morgan fingerprint density at radius 3 is 2.60 bits per heavy atom. The molecular formula is C8H5ClF3NO2. The minimum atomic E-state index is -3.12. The van der Waals surface area contributed by atoms with E-state index in [4.69, 9.17) is 11.6 Å². The third-order valence-electron chi connectivity index (χ3n) is 1.63. The summed E-state index contributed by atoms with van der Waals surface area (Å²) in [6.07, 6.45) is -2.30. The van der Waals surface area contributed by atoms with Crippen LogP contribution in [0.15, 0.2) is 6.20 Å².